The van der Waals surface area contributed by atoms with Crippen molar-refractivity contribution in [3.8, 4) is 0 Å². The normalized spacial score (nSPS) is 16.8. The van der Waals surface area contributed by atoms with Gasteiger partial charge in [-0.15, -0.1) is 11.3 Å². The van der Waals surface area contributed by atoms with Gasteiger partial charge >= 0.3 is 0 Å². The molecule has 0 saturated heterocycles. The summed E-state index contributed by atoms with van der Waals surface area (Å²) < 4.78 is 0. The average molecular weight is 269 g/mol. The molecule has 1 saturated carbocycles. The van der Waals surface area contributed by atoms with Crippen molar-refractivity contribution in [1.29, 1.82) is 0 Å². The summed E-state index contributed by atoms with van der Waals surface area (Å²) in [7, 11) is 0. The van der Waals surface area contributed by atoms with Gasteiger partial charge in [0, 0.05) is 12.3 Å². The fourth-order valence-corrected chi connectivity index (χ4v) is 2.55. The highest BCUT2D eigenvalue weighted by atomic mass is 32.1. The first-order valence-corrected chi connectivity index (χ1v) is 6.59. The number of hydrogen-bond acceptors (Lipinski definition) is 5. The number of carbonyl (C=O) groups excluding carboxylic acids is 2. The maximum absolute atomic E-state index is 11.9. The summed E-state index contributed by atoms with van der Waals surface area (Å²) in [5.74, 6) is -0.529. The number of rotatable bonds is 4. The van der Waals surface area contributed by atoms with E-state index in [1.807, 2.05) is 0 Å². The van der Waals surface area contributed by atoms with Crippen LogP contribution in [-0.2, 0) is 4.79 Å². The second-order valence-corrected chi connectivity index (χ2v) is 5.32. The standard InChI is InChI=1S/C11H15N3O3S/c1-7(16)12-10-13-8(5-18-10)9(17)14-11(6-15)3-2-4-11/h5,15H,2-4,6H2,1H3,(H,14,17)(H,12,13,16). The third-order valence-electron chi connectivity index (χ3n) is 3.01. The third-order valence-corrected chi connectivity index (χ3v) is 3.77. The Morgan fingerprint density at radius 1 is 1.56 bits per heavy atom. The smallest absolute Gasteiger partial charge is 0.271 e. The Bertz CT molecular complexity index is 462. The van der Waals surface area contributed by atoms with Gasteiger partial charge in [0.15, 0.2) is 5.13 Å². The van der Waals surface area contributed by atoms with E-state index in [0.717, 1.165) is 19.3 Å². The third kappa shape index (κ3) is 2.68. The lowest BCUT2D eigenvalue weighted by Crippen LogP contribution is -2.56. The highest BCUT2D eigenvalue weighted by Gasteiger charge is 2.38. The molecule has 0 aliphatic heterocycles. The van der Waals surface area contributed by atoms with Crippen molar-refractivity contribution >= 4 is 28.3 Å². The molecule has 3 N–H and O–H groups in total. The van der Waals surface area contributed by atoms with Crippen LogP contribution in [0.15, 0.2) is 5.38 Å². The van der Waals surface area contributed by atoms with Crippen LogP contribution in [0, 0.1) is 0 Å². The van der Waals surface area contributed by atoms with Crippen molar-refractivity contribution in [1.82, 2.24) is 10.3 Å². The van der Waals surface area contributed by atoms with Crippen LogP contribution >= 0.6 is 11.3 Å². The molecule has 1 heterocycles. The van der Waals surface area contributed by atoms with Gasteiger partial charge in [0.2, 0.25) is 5.91 Å². The molecule has 7 heteroatoms. The number of carbonyl (C=O) groups is 2. The monoisotopic (exact) mass is 269 g/mol. The van der Waals surface area contributed by atoms with E-state index in [2.05, 4.69) is 15.6 Å². The highest BCUT2D eigenvalue weighted by molar-refractivity contribution is 7.14. The molecule has 0 atom stereocenters. The lowest BCUT2D eigenvalue weighted by Gasteiger charge is -2.40. The molecule has 0 bridgehead atoms. The number of hydrogen-bond donors (Lipinski definition) is 3. The Kier molecular flexibility index (Phi) is 3.63. The van der Waals surface area contributed by atoms with Gasteiger partial charge in [0.25, 0.3) is 5.91 Å². The maximum Gasteiger partial charge on any atom is 0.271 e. The molecule has 2 rings (SSSR count). The number of amides is 2. The molecule has 18 heavy (non-hydrogen) atoms. The van der Waals surface area contributed by atoms with Gasteiger partial charge in [-0.3, -0.25) is 9.59 Å². The van der Waals surface area contributed by atoms with E-state index in [9.17, 15) is 14.7 Å². The second-order valence-electron chi connectivity index (χ2n) is 4.47. The lowest BCUT2D eigenvalue weighted by atomic mass is 9.77. The second kappa shape index (κ2) is 5.03. The zero-order chi connectivity index (χ0) is 13.2. The first-order valence-electron chi connectivity index (χ1n) is 5.71. The van der Waals surface area contributed by atoms with Crippen LogP contribution < -0.4 is 10.6 Å². The van der Waals surface area contributed by atoms with E-state index in [4.69, 9.17) is 0 Å². The molecule has 1 aliphatic rings. The van der Waals surface area contributed by atoms with Crippen LogP contribution in [-0.4, -0.2) is 34.1 Å². The van der Waals surface area contributed by atoms with Gasteiger partial charge in [-0.25, -0.2) is 4.98 Å². The topological polar surface area (TPSA) is 91.3 Å². The van der Waals surface area contributed by atoms with E-state index in [1.165, 1.54) is 18.3 Å². The Labute approximate surface area is 108 Å². The molecule has 0 radical (unpaired) electrons. The minimum Gasteiger partial charge on any atom is -0.394 e. The summed E-state index contributed by atoms with van der Waals surface area (Å²) in [6.45, 7) is 1.33. The Balaban J connectivity index is 2.00. The quantitative estimate of drug-likeness (QED) is 0.752. The van der Waals surface area contributed by atoms with Crippen molar-refractivity contribution < 1.29 is 14.7 Å². The van der Waals surface area contributed by atoms with Crippen LogP contribution in [0.1, 0.15) is 36.7 Å². The molecule has 1 aliphatic carbocycles. The zero-order valence-corrected chi connectivity index (χ0v) is 10.8. The Hall–Kier alpha value is -1.47. The number of thiazole rings is 1. The first-order chi connectivity index (χ1) is 8.54. The largest absolute Gasteiger partial charge is 0.394 e. The highest BCUT2D eigenvalue weighted by Crippen LogP contribution is 2.31. The summed E-state index contributed by atoms with van der Waals surface area (Å²) in [6, 6.07) is 0. The predicted molar refractivity (Wildman–Crippen MR) is 67.6 cm³/mol. The van der Waals surface area contributed by atoms with E-state index < -0.39 is 5.54 Å². The number of nitrogens with zero attached hydrogens (tertiary/aromatic N) is 1. The number of aliphatic hydroxyl groups is 1. The van der Waals surface area contributed by atoms with E-state index in [0.29, 0.717) is 5.13 Å². The van der Waals surface area contributed by atoms with Gasteiger partial charge in [-0.2, -0.15) is 0 Å². The van der Waals surface area contributed by atoms with Gasteiger partial charge in [-0.1, -0.05) is 0 Å². The van der Waals surface area contributed by atoms with Crippen molar-refractivity contribution in [2.45, 2.75) is 31.7 Å². The molecule has 1 aromatic heterocycles. The molecule has 98 valence electrons. The summed E-state index contributed by atoms with van der Waals surface area (Å²) in [6.07, 6.45) is 2.59. The van der Waals surface area contributed by atoms with Crippen LogP contribution in [0.3, 0.4) is 0 Å². The number of aliphatic hydroxyl groups excluding tert-OH is 1. The zero-order valence-electron chi connectivity index (χ0n) is 10.0. The molecular weight excluding hydrogens is 254 g/mol. The molecule has 1 fully saturated rings. The van der Waals surface area contributed by atoms with Crippen molar-refractivity contribution in [3.05, 3.63) is 11.1 Å². The maximum atomic E-state index is 11.9. The summed E-state index contributed by atoms with van der Waals surface area (Å²) in [5, 5.41) is 16.6. The van der Waals surface area contributed by atoms with Crippen molar-refractivity contribution in [2.75, 3.05) is 11.9 Å². The SMILES string of the molecule is CC(=O)Nc1nc(C(=O)NC2(CO)CCC2)cs1. The van der Waals surface area contributed by atoms with Crippen molar-refractivity contribution in [2.24, 2.45) is 0 Å². The molecular formula is C11H15N3O3S. The number of anilines is 1. The van der Waals surface area contributed by atoms with Crippen LogP contribution in [0.2, 0.25) is 0 Å². The Morgan fingerprint density at radius 3 is 2.78 bits per heavy atom. The molecule has 0 spiro atoms. The Morgan fingerprint density at radius 2 is 2.28 bits per heavy atom. The average Bonchev–Trinajstić information content (AvgIpc) is 2.70. The minimum atomic E-state index is -0.477. The van der Waals surface area contributed by atoms with Gasteiger partial charge < -0.3 is 15.7 Å². The fraction of sp³-hybridized carbons (Fsp3) is 0.545. The minimum absolute atomic E-state index is 0.0541. The first kappa shape index (κ1) is 13.0. The van der Waals surface area contributed by atoms with E-state index >= 15 is 0 Å². The number of nitrogens with one attached hydrogen (secondary N) is 2. The number of aromatic nitrogens is 1. The summed E-state index contributed by atoms with van der Waals surface area (Å²) in [5.41, 5.74) is -0.210. The van der Waals surface area contributed by atoms with Crippen LogP contribution in [0.4, 0.5) is 5.13 Å². The molecule has 2 amide bonds. The van der Waals surface area contributed by atoms with Crippen LogP contribution in [0.25, 0.3) is 0 Å². The summed E-state index contributed by atoms with van der Waals surface area (Å²) in [4.78, 5) is 26.8. The fourth-order valence-electron chi connectivity index (χ4n) is 1.82. The molecule has 1 aromatic rings. The lowest BCUT2D eigenvalue weighted by molar-refractivity contribution is -0.114. The van der Waals surface area contributed by atoms with Gasteiger partial charge in [-0.05, 0) is 19.3 Å². The molecule has 0 unspecified atom stereocenters. The van der Waals surface area contributed by atoms with Crippen molar-refractivity contribution in [3.63, 3.8) is 0 Å². The van der Waals surface area contributed by atoms with E-state index in [-0.39, 0.29) is 24.1 Å². The van der Waals surface area contributed by atoms with Crippen LogP contribution in [0.5, 0.6) is 0 Å². The molecule has 6 nitrogen and oxygen atoms in total. The predicted octanol–water partition coefficient (Wildman–Crippen LogP) is 0.746. The summed E-state index contributed by atoms with van der Waals surface area (Å²) >= 11 is 1.20. The van der Waals surface area contributed by atoms with Gasteiger partial charge in [0.05, 0.1) is 12.1 Å². The molecule has 0 aromatic carbocycles. The van der Waals surface area contributed by atoms with E-state index in [1.54, 1.807) is 5.38 Å². The van der Waals surface area contributed by atoms with Gasteiger partial charge in [0.1, 0.15) is 5.69 Å².